The number of hydrogen-bond donors (Lipinski definition) is 1. The molecular weight excluding hydrogens is 369 g/mol. The lowest BCUT2D eigenvalue weighted by molar-refractivity contribution is -0.117. The molecule has 1 amide bonds. The highest BCUT2D eigenvalue weighted by Gasteiger charge is 2.16. The minimum Gasteiger partial charge on any atom is -0.356 e. The van der Waals surface area contributed by atoms with Gasteiger partial charge in [0.2, 0.25) is 5.91 Å². The van der Waals surface area contributed by atoms with Gasteiger partial charge in [0.1, 0.15) is 11.5 Å². The third-order valence-corrected chi connectivity index (χ3v) is 4.34. The summed E-state index contributed by atoms with van der Waals surface area (Å²) in [7, 11) is 1.83. The third kappa shape index (κ3) is 4.93. The van der Waals surface area contributed by atoms with Gasteiger partial charge in [0, 0.05) is 28.4 Å². The number of anilines is 1. The molecule has 0 saturated carbocycles. The fourth-order valence-electron chi connectivity index (χ4n) is 2.68. The third-order valence-electron chi connectivity index (χ3n) is 4.09. The maximum Gasteiger partial charge on any atom is 0.238 e. The molecule has 5 nitrogen and oxygen atoms in total. The maximum absolute atomic E-state index is 13.1. The molecule has 1 aromatic heterocycles. The van der Waals surface area contributed by atoms with Gasteiger partial charge in [0.15, 0.2) is 5.76 Å². The molecule has 0 fully saturated rings. The monoisotopic (exact) mass is 387 g/mol. The van der Waals surface area contributed by atoms with Crippen molar-refractivity contribution in [2.24, 2.45) is 0 Å². The average Bonchev–Trinajstić information content (AvgIpc) is 2.98. The van der Waals surface area contributed by atoms with Crippen LogP contribution in [0.25, 0.3) is 11.3 Å². The van der Waals surface area contributed by atoms with Crippen LogP contribution in [0.4, 0.5) is 10.1 Å². The molecule has 0 spiro atoms. The van der Waals surface area contributed by atoms with Crippen molar-refractivity contribution < 1.29 is 13.7 Å². The molecule has 3 aromatic rings. The number of hydrogen-bond acceptors (Lipinski definition) is 4. The normalized spacial score (nSPS) is 11.0. The van der Waals surface area contributed by atoms with Crippen molar-refractivity contribution >= 4 is 23.2 Å². The van der Waals surface area contributed by atoms with Crippen LogP contribution in [0.2, 0.25) is 5.02 Å². The highest BCUT2D eigenvalue weighted by Crippen LogP contribution is 2.26. The molecule has 7 heteroatoms. The number of nitrogens with zero attached hydrogens (tertiary/aromatic N) is 2. The van der Waals surface area contributed by atoms with E-state index in [-0.39, 0.29) is 18.3 Å². The first-order valence-corrected chi connectivity index (χ1v) is 8.75. The number of likely N-dealkylation sites (N-methyl/N-ethyl adjacent to an activating group) is 1. The van der Waals surface area contributed by atoms with Gasteiger partial charge in [-0.15, -0.1) is 0 Å². The van der Waals surface area contributed by atoms with Gasteiger partial charge in [0.25, 0.3) is 0 Å². The second kappa shape index (κ2) is 8.33. The van der Waals surface area contributed by atoms with E-state index in [0.29, 0.717) is 23.0 Å². The van der Waals surface area contributed by atoms with E-state index in [0.717, 1.165) is 16.8 Å². The Morgan fingerprint density at radius 2 is 1.85 bits per heavy atom. The van der Waals surface area contributed by atoms with Gasteiger partial charge in [-0.2, -0.15) is 0 Å². The smallest absolute Gasteiger partial charge is 0.238 e. The zero-order valence-electron chi connectivity index (χ0n) is 15.0. The Bertz CT molecular complexity index is 923. The van der Waals surface area contributed by atoms with Crippen LogP contribution in [0.3, 0.4) is 0 Å². The van der Waals surface area contributed by atoms with Crippen molar-refractivity contribution in [2.75, 3.05) is 18.9 Å². The Labute approximate surface area is 161 Å². The topological polar surface area (TPSA) is 58.4 Å². The molecule has 27 heavy (non-hydrogen) atoms. The summed E-state index contributed by atoms with van der Waals surface area (Å²) in [5, 5.41) is 7.53. The van der Waals surface area contributed by atoms with E-state index >= 15 is 0 Å². The number of rotatable bonds is 6. The summed E-state index contributed by atoms with van der Waals surface area (Å²) in [6.07, 6.45) is 0. The molecule has 1 N–H and O–H groups in total. The number of benzene rings is 2. The first-order chi connectivity index (χ1) is 12.9. The highest BCUT2D eigenvalue weighted by molar-refractivity contribution is 6.30. The summed E-state index contributed by atoms with van der Waals surface area (Å²) >= 11 is 5.84. The molecule has 0 bridgehead atoms. The van der Waals surface area contributed by atoms with Crippen LogP contribution in [0.1, 0.15) is 11.3 Å². The predicted octanol–water partition coefficient (Wildman–Crippen LogP) is 4.51. The van der Waals surface area contributed by atoms with Gasteiger partial charge < -0.3 is 9.84 Å². The van der Waals surface area contributed by atoms with Crippen LogP contribution < -0.4 is 5.32 Å². The van der Waals surface area contributed by atoms with E-state index in [1.54, 1.807) is 36.4 Å². The number of amides is 1. The molecule has 3 rings (SSSR count). The average molecular weight is 388 g/mol. The number of carbonyl (C=O) groups excluding carboxylic acids is 1. The number of carbonyl (C=O) groups is 1. The quantitative estimate of drug-likeness (QED) is 0.676. The fourth-order valence-corrected chi connectivity index (χ4v) is 2.80. The molecular formula is C20H19ClFN3O2. The summed E-state index contributed by atoms with van der Waals surface area (Å²) < 4.78 is 18.5. The van der Waals surface area contributed by atoms with E-state index in [4.69, 9.17) is 16.1 Å². The lowest BCUT2D eigenvalue weighted by Gasteiger charge is -2.15. The van der Waals surface area contributed by atoms with Crippen molar-refractivity contribution in [3.05, 3.63) is 70.6 Å². The van der Waals surface area contributed by atoms with E-state index < -0.39 is 0 Å². The van der Waals surface area contributed by atoms with E-state index in [1.165, 1.54) is 12.1 Å². The Morgan fingerprint density at radius 1 is 1.19 bits per heavy atom. The van der Waals surface area contributed by atoms with E-state index in [1.807, 2.05) is 18.9 Å². The Hall–Kier alpha value is -2.70. The van der Waals surface area contributed by atoms with Crippen molar-refractivity contribution in [2.45, 2.75) is 13.5 Å². The molecule has 1 heterocycles. The number of nitrogens with one attached hydrogen (secondary N) is 1. The lowest BCUT2D eigenvalue weighted by atomic mass is 10.1. The maximum atomic E-state index is 13.1. The second-order valence-electron chi connectivity index (χ2n) is 6.32. The zero-order valence-corrected chi connectivity index (χ0v) is 15.8. The van der Waals surface area contributed by atoms with Gasteiger partial charge >= 0.3 is 0 Å². The van der Waals surface area contributed by atoms with Gasteiger partial charge in [0.05, 0.1) is 6.54 Å². The molecule has 0 aliphatic heterocycles. The first-order valence-electron chi connectivity index (χ1n) is 8.37. The molecule has 0 aliphatic rings. The minimum absolute atomic E-state index is 0.139. The lowest BCUT2D eigenvalue weighted by Crippen LogP contribution is -2.30. The fraction of sp³-hybridized carbons (Fsp3) is 0.200. The molecule has 0 radical (unpaired) electrons. The predicted molar refractivity (Wildman–Crippen MR) is 103 cm³/mol. The van der Waals surface area contributed by atoms with Crippen LogP contribution in [-0.2, 0) is 11.3 Å². The number of halogens is 2. The van der Waals surface area contributed by atoms with E-state index in [2.05, 4.69) is 10.5 Å². The molecule has 0 unspecified atom stereocenters. The van der Waals surface area contributed by atoms with Crippen molar-refractivity contribution in [1.29, 1.82) is 0 Å². The first kappa shape index (κ1) is 19.1. The number of aromatic nitrogens is 1. The zero-order chi connectivity index (χ0) is 19.4. The largest absolute Gasteiger partial charge is 0.356 e. The standard InChI is InChI=1S/C20H19ClFN3O2/c1-13-18(24-27-20(13)14-3-7-16(22)8-4-14)11-25(2)12-19(26)23-17-9-5-15(21)6-10-17/h3-10H,11-12H2,1-2H3,(H,23,26). The Morgan fingerprint density at radius 3 is 2.52 bits per heavy atom. The van der Waals surface area contributed by atoms with Crippen molar-refractivity contribution in [3.63, 3.8) is 0 Å². The molecule has 140 valence electrons. The molecule has 0 aliphatic carbocycles. The Balaban J connectivity index is 1.60. The minimum atomic E-state index is -0.303. The summed E-state index contributed by atoms with van der Waals surface area (Å²) in [6, 6.07) is 13.0. The van der Waals surface area contributed by atoms with Crippen LogP contribution >= 0.6 is 11.6 Å². The molecule has 0 atom stereocenters. The SMILES string of the molecule is Cc1c(CN(C)CC(=O)Nc2ccc(Cl)cc2)noc1-c1ccc(F)cc1. The Kier molecular flexibility index (Phi) is 5.88. The molecule has 2 aromatic carbocycles. The summed E-state index contributed by atoms with van der Waals surface area (Å²) in [5.74, 6) is 0.159. The second-order valence-corrected chi connectivity index (χ2v) is 6.75. The van der Waals surface area contributed by atoms with Crippen LogP contribution in [-0.4, -0.2) is 29.6 Å². The highest BCUT2D eigenvalue weighted by atomic mass is 35.5. The van der Waals surface area contributed by atoms with Crippen molar-refractivity contribution in [3.8, 4) is 11.3 Å². The van der Waals surface area contributed by atoms with Gasteiger partial charge in [-0.3, -0.25) is 9.69 Å². The van der Waals surface area contributed by atoms with Crippen LogP contribution in [0, 0.1) is 12.7 Å². The van der Waals surface area contributed by atoms with Crippen LogP contribution in [0.15, 0.2) is 53.1 Å². The van der Waals surface area contributed by atoms with Crippen molar-refractivity contribution in [1.82, 2.24) is 10.1 Å². The summed E-state index contributed by atoms with van der Waals surface area (Å²) in [6.45, 7) is 2.54. The van der Waals surface area contributed by atoms with Crippen LogP contribution in [0.5, 0.6) is 0 Å². The van der Waals surface area contributed by atoms with Gasteiger partial charge in [-0.05, 0) is 62.5 Å². The van der Waals surface area contributed by atoms with Gasteiger partial charge in [-0.1, -0.05) is 16.8 Å². The van der Waals surface area contributed by atoms with E-state index in [9.17, 15) is 9.18 Å². The molecule has 0 saturated heterocycles. The summed E-state index contributed by atoms with van der Waals surface area (Å²) in [4.78, 5) is 14.0. The van der Waals surface area contributed by atoms with Gasteiger partial charge in [-0.25, -0.2) is 4.39 Å². The summed E-state index contributed by atoms with van der Waals surface area (Å²) in [5.41, 5.74) is 3.05.